The van der Waals surface area contributed by atoms with Crippen LogP contribution in [0.5, 0.6) is 5.75 Å². The number of ether oxygens (including phenoxy) is 1. The van der Waals surface area contributed by atoms with Gasteiger partial charge in [-0.1, -0.05) is 32.7 Å². The fourth-order valence-electron chi connectivity index (χ4n) is 1.38. The van der Waals surface area contributed by atoms with Gasteiger partial charge >= 0.3 is 0 Å². The zero-order valence-electron chi connectivity index (χ0n) is 7.76. The molecule has 1 nitrogen and oxygen atoms in total. The van der Waals surface area contributed by atoms with E-state index in [0.717, 1.165) is 17.7 Å². The van der Waals surface area contributed by atoms with Gasteiger partial charge in [0.1, 0.15) is 5.75 Å². The molecule has 1 aromatic rings. The van der Waals surface area contributed by atoms with Crippen LogP contribution in [-0.4, -0.2) is 0 Å². The Bertz CT molecular complexity index is 406. The van der Waals surface area contributed by atoms with E-state index in [1.165, 1.54) is 11.1 Å². The SMILES string of the molecule is Cc1ccc2c(c1)CC=C=C(P)O2.[Lr]. The Morgan fingerprint density at radius 1 is 1.43 bits per heavy atom. The summed E-state index contributed by atoms with van der Waals surface area (Å²) in [4.78, 5) is 0. The Labute approximate surface area is 80.3 Å². The van der Waals surface area contributed by atoms with E-state index in [-0.39, 0.29) is 0 Å². The van der Waals surface area contributed by atoms with Crippen LogP contribution in [0.25, 0.3) is 0 Å². The number of aryl methyl sites for hydroxylation is 1. The van der Waals surface area contributed by atoms with Gasteiger partial charge in [0.2, 0.25) is 0 Å². The van der Waals surface area contributed by atoms with Crippen molar-refractivity contribution < 1.29 is 4.74 Å². The third-order valence-corrected chi connectivity index (χ3v) is 2.29. The predicted octanol–water partition coefficient (Wildman–Crippen LogP) is 2.80. The second-order valence-corrected chi connectivity index (χ2v) is 3.65. The fraction of sp³-hybridized carbons (Fsp3) is 0.182. The summed E-state index contributed by atoms with van der Waals surface area (Å²) in [6.45, 7) is 2.09. The minimum atomic E-state index is 0. The van der Waals surface area contributed by atoms with Crippen LogP contribution in [0, 0.1) is 6.92 Å². The normalized spacial score (nSPS) is 13.1. The maximum atomic E-state index is 5.55. The van der Waals surface area contributed by atoms with Crippen molar-refractivity contribution in [3.05, 3.63) is 46.6 Å². The second kappa shape index (κ2) is 3.79. The minimum Gasteiger partial charge on any atom is -0.449 e. The van der Waals surface area contributed by atoms with Gasteiger partial charge in [0.15, 0.2) is 5.50 Å². The molecule has 81 valence electrons. The van der Waals surface area contributed by atoms with Crippen molar-refractivity contribution in [3.63, 3.8) is 0 Å². The van der Waals surface area contributed by atoms with Crippen LogP contribution in [0.1, 0.15) is 11.1 Å². The molecule has 1 aliphatic rings. The molecule has 0 fully saturated rings. The Morgan fingerprint density at radius 2 is 2.21 bits per heavy atom. The number of rotatable bonds is 0. The van der Waals surface area contributed by atoms with Crippen molar-refractivity contribution in [2.45, 2.75) is 13.3 Å². The molecule has 0 saturated carbocycles. The van der Waals surface area contributed by atoms with Gasteiger partial charge in [0, 0.05) is 6.42 Å². The summed E-state index contributed by atoms with van der Waals surface area (Å²) in [5.74, 6) is 0.942. The van der Waals surface area contributed by atoms with Gasteiger partial charge in [-0.2, -0.15) is 0 Å². The predicted molar refractivity (Wildman–Crippen MR) is 56.8 cm³/mol. The first-order valence-corrected chi connectivity index (χ1v) is 4.81. The second-order valence-electron chi connectivity index (χ2n) is 3.13. The van der Waals surface area contributed by atoms with Gasteiger partial charge in [-0.05, 0) is 24.6 Å². The van der Waals surface area contributed by atoms with Gasteiger partial charge in [0.05, 0.1) is 0 Å². The van der Waals surface area contributed by atoms with E-state index in [0.29, 0.717) is 0 Å². The molecule has 0 saturated heterocycles. The van der Waals surface area contributed by atoms with Crippen LogP contribution < -0.4 is 4.74 Å². The van der Waals surface area contributed by atoms with Gasteiger partial charge in [-0.25, -0.2) is 0 Å². The molecule has 1 aliphatic heterocycles. The van der Waals surface area contributed by atoms with Gasteiger partial charge in [-0.15, -0.1) is 0 Å². The first kappa shape index (κ1) is 10.1. The van der Waals surface area contributed by atoms with Crippen molar-refractivity contribution >= 4 is 9.24 Å². The standard InChI is InChI=1S/C11H11OP.Lr/c1-8-5-6-10-9(7-8)3-2-4-11(13)12-10;/h2,5-7H,3,13H2,1H3;. The minimum absolute atomic E-state index is 0. The summed E-state index contributed by atoms with van der Waals surface area (Å²) in [7, 11) is 2.53. The molecule has 3 heteroatoms. The Morgan fingerprint density at radius 3 is 3.00 bits per heavy atom. The van der Waals surface area contributed by atoms with E-state index < -0.39 is 0 Å². The summed E-state index contributed by atoms with van der Waals surface area (Å²) >= 11 is 0. The molecule has 0 aliphatic carbocycles. The quantitative estimate of drug-likeness (QED) is 0.435. The monoisotopic (exact) mass is 452 g/mol. The largest absolute Gasteiger partial charge is 0.449 e. The summed E-state index contributed by atoms with van der Waals surface area (Å²) in [5.41, 5.74) is 6.29. The molecular formula is C11H11LrOP. The van der Waals surface area contributed by atoms with E-state index in [1.807, 2.05) is 12.1 Å². The van der Waals surface area contributed by atoms with Crippen molar-refractivity contribution in [1.82, 2.24) is 0 Å². The summed E-state index contributed by atoms with van der Waals surface area (Å²) in [6, 6.07) is 6.22. The van der Waals surface area contributed by atoms with Crippen LogP contribution in [-0.2, 0) is 6.42 Å². The van der Waals surface area contributed by atoms with E-state index in [2.05, 4.69) is 34.0 Å². The number of fused-ring (bicyclic) bond motifs is 1. The topological polar surface area (TPSA) is 9.23 Å². The van der Waals surface area contributed by atoms with Crippen molar-refractivity contribution in [2.75, 3.05) is 0 Å². The van der Waals surface area contributed by atoms with Gasteiger partial charge in [-0.3, -0.25) is 0 Å². The number of hydrogen-bond acceptors (Lipinski definition) is 1. The summed E-state index contributed by atoms with van der Waals surface area (Å²) in [5, 5.41) is 0. The molecule has 0 amide bonds. The van der Waals surface area contributed by atoms with Crippen LogP contribution in [0.15, 0.2) is 35.5 Å². The first-order valence-electron chi connectivity index (χ1n) is 4.24. The third kappa shape index (κ3) is 1.82. The maximum absolute atomic E-state index is 5.55. The summed E-state index contributed by atoms with van der Waals surface area (Å²) in [6.07, 6.45) is 2.89. The molecule has 0 N–H and O–H groups in total. The molecule has 2 rings (SSSR count). The van der Waals surface area contributed by atoms with E-state index in [9.17, 15) is 0 Å². The summed E-state index contributed by atoms with van der Waals surface area (Å²) < 4.78 is 5.55. The molecule has 1 radical (unpaired) electrons. The zero-order chi connectivity index (χ0) is 9.26. The molecule has 0 aromatic heterocycles. The van der Waals surface area contributed by atoms with Gasteiger partial charge < -0.3 is 4.74 Å². The molecule has 1 unspecified atom stereocenters. The van der Waals surface area contributed by atoms with E-state index in [4.69, 9.17) is 4.74 Å². The van der Waals surface area contributed by atoms with Crippen molar-refractivity contribution in [1.29, 1.82) is 0 Å². The maximum Gasteiger partial charge on any atom is 0.161 e. The Balaban J connectivity index is 0.000000980. The van der Waals surface area contributed by atoms with Crippen LogP contribution >= 0.6 is 9.24 Å². The van der Waals surface area contributed by atoms with E-state index in [1.54, 1.807) is 0 Å². The molecule has 0 spiro atoms. The number of hydrogen-bond donors (Lipinski definition) is 0. The molecule has 0 bridgehead atoms. The zero-order valence-corrected chi connectivity index (χ0v) is 11.1. The first-order chi connectivity index (χ1) is 6.25. The van der Waals surface area contributed by atoms with Crippen LogP contribution in [0.4, 0.5) is 0 Å². The Kier molecular flexibility index (Phi) is 2.72. The van der Waals surface area contributed by atoms with Gasteiger partial charge in [0.25, 0.3) is 0 Å². The molecular weight excluding hydrogens is 441 g/mol. The Hall–Kier alpha value is -2.03. The molecule has 1 heterocycles. The van der Waals surface area contributed by atoms with Crippen LogP contribution in [0.3, 0.4) is 0 Å². The average molecular weight is 452 g/mol. The number of benzene rings is 1. The molecule has 14 heavy (non-hydrogen) atoms. The molecule has 1 atom stereocenters. The third-order valence-electron chi connectivity index (χ3n) is 2.00. The smallest absolute Gasteiger partial charge is 0.161 e. The number of allylic oxidation sites excluding steroid dienone is 1. The van der Waals surface area contributed by atoms with Crippen molar-refractivity contribution in [3.8, 4) is 5.75 Å². The average Bonchev–Trinajstić information content (AvgIpc) is 2.25. The molecule has 1 aromatic carbocycles. The fourth-order valence-corrected chi connectivity index (χ4v) is 1.62. The van der Waals surface area contributed by atoms with E-state index >= 15 is 0 Å². The van der Waals surface area contributed by atoms with Crippen LogP contribution in [0.2, 0.25) is 0 Å². The van der Waals surface area contributed by atoms with Crippen molar-refractivity contribution in [2.24, 2.45) is 0 Å².